The highest BCUT2D eigenvalue weighted by atomic mass is 35.5. The van der Waals surface area contributed by atoms with Crippen LogP contribution >= 0.6 is 11.6 Å². The summed E-state index contributed by atoms with van der Waals surface area (Å²) in [7, 11) is 0. The number of hydrogen-bond donors (Lipinski definition) is 1. The summed E-state index contributed by atoms with van der Waals surface area (Å²) in [4.78, 5) is 25.6. The van der Waals surface area contributed by atoms with Crippen LogP contribution in [-0.2, 0) is 9.59 Å². The van der Waals surface area contributed by atoms with E-state index in [-0.39, 0.29) is 25.0 Å². The number of rotatable bonds is 5. The van der Waals surface area contributed by atoms with Gasteiger partial charge in [0.15, 0.2) is 6.61 Å². The third-order valence-corrected chi connectivity index (χ3v) is 4.65. The van der Waals surface area contributed by atoms with Gasteiger partial charge in [0.05, 0.1) is 5.92 Å². The standard InChI is InChI=1S/C19H18ClNO4/c20-14-6-8-15(9-7-14)25-12-18(22)21-10-16(17(11-21)19(23)24)13-4-2-1-3-5-13/h1-9,16-17H,10-12H2,(H,23,24). The Morgan fingerprint density at radius 1 is 1.08 bits per heavy atom. The molecule has 0 radical (unpaired) electrons. The second-order valence-electron chi connectivity index (χ2n) is 6.00. The molecule has 1 N–H and O–H groups in total. The molecule has 2 aromatic rings. The first-order valence-electron chi connectivity index (χ1n) is 7.98. The first-order valence-corrected chi connectivity index (χ1v) is 8.36. The summed E-state index contributed by atoms with van der Waals surface area (Å²) in [5.41, 5.74) is 0.934. The number of aliphatic carboxylic acids is 1. The number of ether oxygens (including phenoxy) is 1. The number of carbonyl (C=O) groups excluding carboxylic acids is 1. The molecule has 2 aromatic carbocycles. The molecule has 3 rings (SSSR count). The Morgan fingerprint density at radius 3 is 2.40 bits per heavy atom. The van der Waals surface area contributed by atoms with Gasteiger partial charge in [-0.25, -0.2) is 0 Å². The maximum Gasteiger partial charge on any atom is 0.308 e. The van der Waals surface area contributed by atoms with E-state index in [0.29, 0.717) is 17.3 Å². The van der Waals surface area contributed by atoms with E-state index in [1.807, 2.05) is 30.3 Å². The molecule has 25 heavy (non-hydrogen) atoms. The lowest BCUT2D eigenvalue weighted by molar-refractivity contribution is -0.142. The van der Waals surface area contributed by atoms with Gasteiger partial charge < -0.3 is 14.7 Å². The lowest BCUT2D eigenvalue weighted by atomic mass is 9.89. The predicted octanol–water partition coefficient (Wildman–Crippen LogP) is 3.05. The molecule has 2 atom stereocenters. The number of carboxylic acids is 1. The van der Waals surface area contributed by atoms with Crippen LogP contribution in [0.1, 0.15) is 11.5 Å². The quantitative estimate of drug-likeness (QED) is 0.891. The molecular formula is C19H18ClNO4. The largest absolute Gasteiger partial charge is 0.484 e. The van der Waals surface area contributed by atoms with Crippen molar-refractivity contribution >= 4 is 23.5 Å². The molecule has 5 nitrogen and oxygen atoms in total. The third kappa shape index (κ3) is 4.12. The van der Waals surface area contributed by atoms with Gasteiger partial charge >= 0.3 is 5.97 Å². The van der Waals surface area contributed by atoms with Gasteiger partial charge in [0, 0.05) is 24.0 Å². The summed E-state index contributed by atoms with van der Waals surface area (Å²) in [5, 5.41) is 10.1. The van der Waals surface area contributed by atoms with E-state index >= 15 is 0 Å². The fraction of sp³-hybridized carbons (Fsp3) is 0.263. The zero-order chi connectivity index (χ0) is 17.8. The Morgan fingerprint density at radius 2 is 1.76 bits per heavy atom. The van der Waals surface area contributed by atoms with Gasteiger partial charge in [0.25, 0.3) is 5.91 Å². The van der Waals surface area contributed by atoms with Crippen molar-refractivity contribution < 1.29 is 19.4 Å². The molecule has 130 valence electrons. The van der Waals surface area contributed by atoms with Crippen LogP contribution in [0.4, 0.5) is 0 Å². The molecular weight excluding hydrogens is 342 g/mol. The normalized spacial score (nSPS) is 19.6. The van der Waals surface area contributed by atoms with E-state index in [1.165, 1.54) is 0 Å². The minimum Gasteiger partial charge on any atom is -0.484 e. The highest BCUT2D eigenvalue weighted by Crippen LogP contribution is 2.33. The third-order valence-electron chi connectivity index (χ3n) is 4.39. The average Bonchev–Trinajstić information content (AvgIpc) is 3.07. The van der Waals surface area contributed by atoms with Gasteiger partial charge in [-0.1, -0.05) is 41.9 Å². The molecule has 1 saturated heterocycles. The van der Waals surface area contributed by atoms with E-state index in [4.69, 9.17) is 16.3 Å². The van der Waals surface area contributed by atoms with E-state index in [2.05, 4.69) is 0 Å². The summed E-state index contributed by atoms with van der Waals surface area (Å²) < 4.78 is 5.47. The monoisotopic (exact) mass is 359 g/mol. The fourth-order valence-electron chi connectivity index (χ4n) is 3.06. The summed E-state index contributed by atoms with van der Waals surface area (Å²) in [6.45, 7) is 0.441. The van der Waals surface area contributed by atoms with E-state index in [9.17, 15) is 14.7 Å². The smallest absolute Gasteiger partial charge is 0.308 e. The molecule has 1 aliphatic rings. The summed E-state index contributed by atoms with van der Waals surface area (Å²) in [6.07, 6.45) is 0. The van der Waals surface area contributed by atoms with Gasteiger partial charge in [-0.15, -0.1) is 0 Å². The SMILES string of the molecule is O=C(O)C1CN(C(=O)COc2ccc(Cl)cc2)CC1c1ccccc1. The van der Waals surface area contributed by atoms with Crippen molar-refractivity contribution in [3.63, 3.8) is 0 Å². The Hall–Kier alpha value is -2.53. The Kier molecular flexibility index (Phi) is 5.24. The first kappa shape index (κ1) is 17.3. The van der Waals surface area contributed by atoms with E-state index < -0.39 is 11.9 Å². The number of likely N-dealkylation sites (tertiary alicyclic amines) is 1. The lowest BCUT2D eigenvalue weighted by Crippen LogP contribution is -2.33. The number of carbonyl (C=O) groups is 2. The van der Waals surface area contributed by atoms with Crippen molar-refractivity contribution in [1.82, 2.24) is 4.90 Å². The second kappa shape index (κ2) is 7.57. The van der Waals surface area contributed by atoms with Crippen LogP contribution in [0, 0.1) is 5.92 Å². The maximum atomic E-state index is 12.4. The molecule has 6 heteroatoms. The number of halogens is 1. The molecule has 1 heterocycles. The zero-order valence-corrected chi connectivity index (χ0v) is 14.2. The van der Waals surface area contributed by atoms with Crippen LogP contribution in [0.5, 0.6) is 5.75 Å². The second-order valence-corrected chi connectivity index (χ2v) is 6.44. The van der Waals surface area contributed by atoms with Gasteiger partial charge in [-0.3, -0.25) is 9.59 Å². The first-order chi connectivity index (χ1) is 12.0. The summed E-state index contributed by atoms with van der Waals surface area (Å²) in [5.74, 6) is -1.38. The van der Waals surface area contributed by atoms with Crippen molar-refractivity contribution in [2.45, 2.75) is 5.92 Å². The Balaban J connectivity index is 1.65. The van der Waals surface area contributed by atoms with Gasteiger partial charge in [0.2, 0.25) is 0 Å². The molecule has 2 unspecified atom stereocenters. The van der Waals surface area contributed by atoms with Crippen LogP contribution in [0.2, 0.25) is 5.02 Å². The van der Waals surface area contributed by atoms with Crippen LogP contribution in [0.3, 0.4) is 0 Å². The average molecular weight is 360 g/mol. The van der Waals surface area contributed by atoms with Crippen molar-refractivity contribution in [2.24, 2.45) is 5.92 Å². The number of benzene rings is 2. The number of nitrogens with zero attached hydrogens (tertiary/aromatic N) is 1. The highest BCUT2D eigenvalue weighted by molar-refractivity contribution is 6.30. The van der Waals surface area contributed by atoms with Gasteiger partial charge in [0.1, 0.15) is 5.75 Å². The van der Waals surface area contributed by atoms with Crippen molar-refractivity contribution in [1.29, 1.82) is 0 Å². The number of carboxylic acid groups (broad SMARTS) is 1. The minimum atomic E-state index is -0.886. The molecule has 0 bridgehead atoms. The molecule has 0 aromatic heterocycles. The van der Waals surface area contributed by atoms with Crippen LogP contribution in [0.25, 0.3) is 0 Å². The summed E-state index contributed by atoms with van der Waals surface area (Å²) >= 11 is 5.81. The molecule has 1 aliphatic heterocycles. The predicted molar refractivity (Wildman–Crippen MR) is 93.8 cm³/mol. The van der Waals surface area contributed by atoms with Crippen molar-refractivity contribution in [3.05, 3.63) is 65.2 Å². The van der Waals surface area contributed by atoms with Gasteiger partial charge in [-0.05, 0) is 29.8 Å². The topological polar surface area (TPSA) is 66.8 Å². The van der Waals surface area contributed by atoms with Crippen LogP contribution in [0.15, 0.2) is 54.6 Å². The maximum absolute atomic E-state index is 12.4. The molecule has 0 aliphatic carbocycles. The number of hydrogen-bond acceptors (Lipinski definition) is 3. The molecule has 0 saturated carbocycles. The van der Waals surface area contributed by atoms with Crippen LogP contribution in [-0.4, -0.2) is 41.6 Å². The van der Waals surface area contributed by atoms with Crippen molar-refractivity contribution in [3.8, 4) is 5.75 Å². The lowest BCUT2D eigenvalue weighted by Gasteiger charge is -2.17. The zero-order valence-electron chi connectivity index (χ0n) is 13.5. The molecule has 1 fully saturated rings. The molecule has 0 spiro atoms. The highest BCUT2D eigenvalue weighted by Gasteiger charge is 2.40. The minimum absolute atomic E-state index is 0.129. The van der Waals surface area contributed by atoms with E-state index in [0.717, 1.165) is 5.56 Å². The molecule has 1 amide bonds. The van der Waals surface area contributed by atoms with E-state index in [1.54, 1.807) is 29.2 Å². The Labute approximate surface area is 150 Å². The fourth-order valence-corrected chi connectivity index (χ4v) is 3.19. The Bertz CT molecular complexity index is 748. The van der Waals surface area contributed by atoms with Crippen LogP contribution < -0.4 is 4.74 Å². The van der Waals surface area contributed by atoms with Crippen molar-refractivity contribution in [2.75, 3.05) is 19.7 Å². The van der Waals surface area contributed by atoms with Gasteiger partial charge in [-0.2, -0.15) is 0 Å². The number of amides is 1. The summed E-state index contributed by atoms with van der Waals surface area (Å²) in [6, 6.07) is 16.2.